The third kappa shape index (κ3) is 3.78. The summed E-state index contributed by atoms with van der Waals surface area (Å²) in [5, 5.41) is 4.45. The fraction of sp³-hybridized carbons (Fsp3) is 0.478. The largest absolute Gasteiger partial charge is 0.309 e. The summed E-state index contributed by atoms with van der Waals surface area (Å²) in [5.74, 6) is 1.17. The van der Waals surface area contributed by atoms with Gasteiger partial charge in [0.05, 0.1) is 11.9 Å². The summed E-state index contributed by atoms with van der Waals surface area (Å²) >= 11 is 1.71. The van der Waals surface area contributed by atoms with Gasteiger partial charge in [0.15, 0.2) is 0 Å². The minimum atomic E-state index is 0.0228. The van der Waals surface area contributed by atoms with Gasteiger partial charge in [0.1, 0.15) is 10.7 Å². The molecule has 1 atom stereocenters. The number of nitrogens with one attached hydrogen (secondary N) is 2. The highest BCUT2D eigenvalue weighted by molar-refractivity contribution is 7.18. The maximum atomic E-state index is 12.7. The predicted molar refractivity (Wildman–Crippen MR) is 117 cm³/mol. The molecule has 148 valence electrons. The Morgan fingerprint density at radius 3 is 2.64 bits per heavy atom. The molecule has 1 aliphatic rings. The highest BCUT2D eigenvalue weighted by Gasteiger charge is 2.20. The van der Waals surface area contributed by atoms with Crippen molar-refractivity contribution < 1.29 is 0 Å². The molecule has 1 aliphatic carbocycles. The van der Waals surface area contributed by atoms with Crippen LogP contribution in [0.2, 0.25) is 0 Å². The van der Waals surface area contributed by atoms with Crippen molar-refractivity contribution in [2.24, 2.45) is 5.92 Å². The summed E-state index contributed by atoms with van der Waals surface area (Å²) in [6, 6.07) is 9.05. The molecule has 4 rings (SSSR count). The summed E-state index contributed by atoms with van der Waals surface area (Å²) in [4.78, 5) is 22.8. The average molecular weight is 396 g/mol. The van der Waals surface area contributed by atoms with E-state index in [0.717, 1.165) is 35.3 Å². The smallest absolute Gasteiger partial charge is 0.259 e. The SMILES string of the molecule is CCc1ccc([C@H](NCc2nc3sc4c(c3c(=O)[nH]2)CCCC4)C(C)C)cc1. The van der Waals surface area contributed by atoms with Crippen LogP contribution in [-0.4, -0.2) is 9.97 Å². The van der Waals surface area contributed by atoms with Crippen molar-refractivity contribution in [1.29, 1.82) is 0 Å². The van der Waals surface area contributed by atoms with Crippen LogP contribution in [0.5, 0.6) is 0 Å². The van der Waals surface area contributed by atoms with Crippen LogP contribution in [0.1, 0.15) is 67.0 Å². The lowest BCUT2D eigenvalue weighted by atomic mass is 9.95. The summed E-state index contributed by atoms with van der Waals surface area (Å²) in [5.41, 5.74) is 3.90. The first-order valence-corrected chi connectivity index (χ1v) is 11.2. The molecule has 0 saturated heterocycles. The number of benzene rings is 1. The first kappa shape index (κ1) is 19.3. The van der Waals surface area contributed by atoms with Crippen molar-refractivity contribution in [3.63, 3.8) is 0 Å². The number of fused-ring (bicyclic) bond motifs is 3. The molecule has 0 bridgehead atoms. The Balaban J connectivity index is 1.57. The Bertz CT molecular complexity index is 1020. The summed E-state index contributed by atoms with van der Waals surface area (Å²) in [7, 11) is 0. The Hall–Kier alpha value is -1.98. The van der Waals surface area contributed by atoms with Crippen LogP contribution in [0.3, 0.4) is 0 Å². The molecule has 0 saturated carbocycles. The van der Waals surface area contributed by atoms with Crippen LogP contribution in [0, 0.1) is 5.92 Å². The Labute approximate surface area is 170 Å². The molecular formula is C23H29N3OS. The van der Waals surface area contributed by atoms with Crippen LogP contribution in [-0.2, 0) is 25.8 Å². The second kappa shape index (κ2) is 8.18. The van der Waals surface area contributed by atoms with Crippen LogP contribution in [0.15, 0.2) is 29.1 Å². The normalized spacial score (nSPS) is 15.1. The molecule has 0 aliphatic heterocycles. The van der Waals surface area contributed by atoms with Gasteiger partial charge >= 0.3 is 0 Å². The Morgan fingerprint density at radius 1 is 1.18 bits per heavy atom. The topological polar surface area (TPSA) is 57.8 Å². The number of thiophene rings is 1. The zero-order chi connectivity index (χ0) is 19.7. The van der Waals surface area contributed by atoms with Crippen molar-refractivity contribution in [2.45, 2.75) is 65.5 Å². The zero-order valence-corrected chi connectivity index (χ0v) is 17.8. The number of H-pyrrole nitrogens is 1. The molecule has 2 N–H and O–H groups in total. The quantitative estimate of drug-likeness (QED) is 0.623. The summed E-state index contributed by atoms with van der Waals surface area (Å²) < 4.78 is 0. The minimum absolute atomic E-state index is 0.0228. The van der Waals surface area contributed by atoms with Gasteiger partial charge in [-0.1, -0.05) is 45.0 Å². The average Bonchev–Trinajstić information content (AvgIpc) is 3.07. The monoisotopic (exact) mass is 395 g/mol. The van der Waals surface area contributed by atoms with E-state index in [9.17, 15) is 4.79 Å². The molecule has 1 aromatic carbocycles. The first-order valence-electron chi connectivity index (χ1n) is 10.4. The summed E-state index contributed by atoms with van der Waals surface area (Å²) in [6.45, 7) is 7.18. The van der Waals surface area contributed by atoms with E-state index in [2.05, 4.69) is 55.3 Å². The van der Waals surface area contributed by atoms with Crippen LogP contribution in [0.25, 0.3) is 10.2 Å². The number of aromatic nitrogens is 2. The minimum Gasteiger partial charge on any atom is -0.309 e. The first-order chi connectivity index (χ1) is 13.6. The Kier molecular flexibility index (Phi) is 5.65. The van der Waals surface area contributed by atoms with Crippen molar-refractivity contribution in [1.82, 2.24) is 15.3 Å². The fourth-order valence-corrected chi connectivity index (χ4v) is 5.48. The van der Waals surface area contributed by atoms with Crippen LogP contribution < -0.4 is 10.9 Å². The molecule has 0 unspecified atom stereocenters. The van der Waals surface area contributed by atoms with E-state index in [0.29, 0.717) is 12.5 Å². The number of aromatic amines is 1. The van der Waals surface area contributed by atoms with E-state index < -0.39 is 0 Å². The fourth-order valence-electron chi connectivity index (χ4n) is 4.20. The van der Waals surface area contributed by atoms with Crippen molar-refractivity contribution >= 4 is 21.6 Å². The van der Waals surface area contributed by atoms with Crippen LogP contribution in [0.4, 0.5) is 0 Å². The van der Waals surface area contributed by atoms with Crippen molar-refractivity contribution in [2.75, 3.05) is 0 Å². The third-order valence-corrected chi connectivity index (χ3v) is 6.96. The molecule has 0 radical (unpaired) electrons. The maximum absolute atomic E-state index is 12.7. The molecule has 0 fully saturated rings. The van der Waals surface area contributed by atoms with Gasteiger partial charge in [-0.05, 0) is 54.7 Å². The van der Waals surface area contributed by atoms with Gasteiger partial charge in [-0.25, -0.2) is 4.98 Å². The molecule has 4 nitrogen and oxygen atoms in total. The van der Waals surface area contributed by atoms with Gasteiger partial charge in [0.25, 0.3) is 5.56 Å². The van der Waals surface area contributed by atoms with E-state index >= 15 is 0 Å². The van der Waals surface area contributed by atoms with Crippen LogP contribution >= 0.6 is 11.3 Å². The molecule has 3 aromatic rings. The van der Waals surface area contributed by atoms with E-state index in [1.165, 1.54) is 34.4 Å². The van der Waals surface area contributed by atoms with Crippen molar-refractivity contribution in [3.8, 4) is 0 Å². The lowest BCUT2D eigenvalue weighted by molar-refractivity contribution is 0.406. The second-order valence-electron chi connectivity index (χ2n) is 8.10. The van der Waals surface area contributed by atoms with Gasteiger partial charge < -0.3 is 10.3 Å². The molecule has 0 spiro atoms. The van der Waals surface area contributed by atoms with Gasteiger partial charge in [-0.3, -0.25) is 4.79 Å². The van der Waals surface area contributed by atoms with Gasteiger partial charge in [0.2, 0.25) is 0 Å². The molecular weight excluding hydrogens is 366 g/mol. The van der Waals surface area contributed by atoms with E-state index in [1.54, 1.807) is 11.3 Å². The number of aryl methyl sites for hydroxylation is 3. The molecule has 2 aromatic heterocycles. The molecule has 0 amide bonds. The predicted octanol–water partition coefficient (Wildman–Crippen LogP) is 4.91. The molecule has 5 heteroatoms. The summed E-state index contributed by atoms with van der Waals surface area (Å²) in [6.07, 6.45) is 5.55. The Morgan fingerprint density at radius 2 is 1.93 bits per heavy atom. The zero-order valence-electron chi connectivity index (χ0n) is 17.0. The number of hydrogen-bond donors (Lipinski definition) is 2. The highest BCUT2D eigenvalue weighted by Crippen LogP contribution is 2.33. The van der Waals surface area contributed by atoms with E-state index in [4.69, 9.17) is 4.98 Å². The van der Waals surface area contributed by atoms with Gasteiger partial charge in [-0.2, -0.15) is 0 Å². The van der Waals surface area contributed by atoms with E-state index in [-0.39, 0.29) is 11.6 Å². The second-order valence-corrected chi connectivity index (χ2v) is 9.19. The highest BCUT2D eigenvalue weighted by atomic mass is 32.1. The molecule has 28 heavy (non-hydrogen) atoms. The standard InChI is InChI=1S/C23H29N3OS/c1-4-15-9-11-16(12-10-15)21(14(2)3)24-13-19-25-22(27)20-17-7-5-6-8-18(17)28-23(20)26-19/h9-12,14,21,24H,4-8,13H2,1-3H3,(H,25,26,27)/t21-/m1/s1. The number of hydrogen-bond acceptors (Lipinski definition) is 4. The maximum Gasteiger partial charge on any atom is 0.259 e. The van der Waals surface area contributed by atoms with E-state index in [1.807, 2.05) is 0 Å². The van der Waals surface area contributed by atoms with Gasteiger partial charge in [-0.15, -0.1) is 11.3 Å². The molecule has 2 heterocycles. The van der Waals surface area contributed by atoms with Crippen molar-refractivity contribution in [3.05, 3.63) is 62.0 Å². The lowest BCUT2D eigenvalue weighted by Gasteiger charge is -2.23. The lowest BCUT2D eigenvalue weighted by Crippen LogP contribution is -2.27. The third-order valence-electron chi connectivity index (χ3n) is 5.78. The number of rotatable bonds is 6. The number of nitrogens with zero attached hydrogens (tertiary/aromatic N) is 1. The van der Waals surface area contributed by atoms with Gasteiger partial charge in [0, 0.05) is 10.9 Å².